The third kappa shape index (κ3) is 3.69. The Morgan fingerprint density at radius 2 is 1.88 bits per heavy atom. The van der Waals surface area contributed by atoms with E-state index in [1.165, 1.54) is 24.0 Å². The topological polar surface area (TPSA) is 32.3 Å². The van der Waals surface area contributed by atoms with Crippen molar-refractivity contribution in [2.24, 2.45) is 0 Å². The normalized spacial score (nSPS) is 17.7. The van der Waals surface area contributed by atoms with Crippen molar-refractivity contribution in [1.29, 1.82) is 0 Å². The molecule has 0 aliphatic carbocycles. The molecule has 1 fully saturated rings. The van der Waals surface area contributed by atoms with Gasteiger partial charge in [-0.1, -0.05) is 36.4 Å². The molecule has 0 radical (unpaired) electrons. The van der Waals surface area contributed by atoms with E-state index < -0.39 is 0 Å². The van der Waals surface area contributed by atoms with Crippen molar-refractivity contribution in [1.82, 2.24) is 5.32 Å². The first-order valence-corrected chi connectivity index (χ1v) is 6.48. The molecule has 1 heterocycles. The number of aliphatic hydroxyl groups is 1. The van der Waals surface area contributed by atoms with Gasteiger partial charge in [-0.15, -0.1) is 0 Å². The van der Waals surface area contributed by atoms with E-state index in [9.17, 15) is 0 Å². The van der Waals surface area contributed by atoms with E-state index in [1.54, 1.807) is 0 Å². The van der Waals surface area contributed by atoms with Crippen LogP contribution in [0.3, 0.4) is 0 Å². The van der Waals surface area contributed by atoms with Crippen LogP contribution in [-0.2, 0) is 0 Å². The number of aliphatic hydroxyl groups excluding tert-OH is 1. The van der Waals surface area contributed by atoms with Crippen LogP contribution in [0.1, 0.15) is 36.3 Å². The third-order valence-electron chi connectivity index (χ3n) is 3.35. The van der Waals surface area contributed by atoms with Crippen LogP contribution in [0.15, 0.2) is 30.3 Å². The van der Waals surface area contributed by atoms with Gasteiger partial charge in [-0.05, 0) is 49.4 Å². The Bertz CT molecular complexity index is 350. The maximum Gasteiger partial charge on any atom is 0.0465 e. The van der Waals surface area contributed by atoms with Gasteiger partial charge in [-0.3, -0.25) is 0 Å². The second kappa shape index (κ2) is 6.58. The van der Waals surface area contributed by atoms with Gasteiger partial charge in [-0.25, -0.2) is 0 Å². The molecule has 0 unspecified atom stereocenters. The molecule has 1 aliphatic heterocycles. The average Bonchev–Trinajstić information content (AvgIpc) is 2.41. The van der Waals surface area contributed by atoms with Crippen LogP contribution in [0.4, 0.5) is 0 Å². The van der Waals surface area contributed by atoms with Crippen LogP contribution < -0.4 is 5.32 Å². The first-order chi connectivity index (χ1) is 8.40. The van der Waals surface area contributed by atoms with E-state index >= 15 is 0 Å². The first-order valence-electron chi connectivity index (χ1n) is 6.48. The van der Waals surface area contributed by atoms with Crippen molar-refractivity contribution < 1.29 is 5.11 Å². The van der Waals surface area contributed by atoms with E-state index in [-0.39, 0.29) is 6.61 Å². The standard InChI is InChI=1S/C15H21NO/c17-12-2-1-3-13-4-6-14(7-5-13)15-8-10-16-11-9-15/h1,3-7,15-17H,2,8-12H2. The fourth-order valence-electron chi connectivity index (χ4n) is 2.33. The van der Waals surface area contributed by atoms with Crippen LogP contribution in [0.2, 0.25) is 0 Å². The van der Waals surface area contributed by atoms with E-state index in [4.69, 9.17) is 5.11 Å². The molecule has 1 aliphatic rings. The van der Waals surface area contributed by atoms with Gasteiger partial charge in [0.1, 0.15) is 0 Å². The predicted molar refractivity (Wildman–Crippen MR) is 72.0 cm³/mol. The van der Waals surface area contributed by atoms with Gasteiger partial charge in [0.25, 0.3) is 0 Å². The summed E-state index contributed by atoms with van der Waals surface area (Å²) in [5, 5.41) is 12.1. The zero-order valence-electron chi connectivity index (χ0n) is 10.2. The largest absolute Gasteiger partial charge is 0.396 e. The van der Waals surface area contributed by atoms with Crippen LogP contribution >= 0.6 is 0 Å². The van der Waals surface area contributed by atoms with Crippen molar-refractivity contribution in [3.63, 3.8) is 0 Å². The molecule has 17 heavy (non-hydrogen) atoms. The van der Waals surface area contributed by atoms with Gasteiger partial charge < -0.3 is 10.4 Å². The molecule has 0 saturated carbocycles. The Morgan fingerprint density at radius 3 is 2.53 bits per heavy atom. The number of nitrogens with one attached hydrogen (secondary N) is 1. The molecule has 1 saturated heterocycles. The zero-order chi connectivity index (χ0) is 11.9. The fraction of sp³-hybridized carbons (Fsp3) is 0.467. The highest BCUT2D eigenvalue weighted by Crippen LogP contribution is 2.25. The molecule has 2 nitrogen and oxygen atoms in total. The summed E-state index contributed by atoms with van der Waals surface area (Å²) in [6, 6.07) is 8.83. The summed E-state index contributed by atoms with van der Waals surface area (Å²) in [6.45, 7) is 2.51. The molecule has 0 aromatic heterocycles. The third-order valence-corrected chi connectivity index (χ3v) is 3.35. The Hall–Kier alpha value is -1.12. The quantitative estimate of drug-likeness (QED) is 0.834. The maximum absolute atomic E-state index is 8.70. The smallest absolute Gasteiger partial charge is 0.0465 e. The van der Waals surface area contributed by atoms with Gasteiger partial charge in [-0.2, -0.15) is 0 Å². The molecule has 1 aromatic rings. The number of hydrogen-bond donors (Lipinski definition) is 2. The van der Waals surface area contributed by atoms with E-state index in [2.05, 4.69) is 35.7 Å². The molecular formula is C15H21NO. The number of rotatable bonds is 4. The summed E-state index contributed by atoms with van der Waals surface area (Å²) in [5.74, 6) is 0.728. The Morgan fingerprint density at radius 1 is 1.18 bits per heavy atom. The van der Waals surface area contributed by atoms with Gasteiger partial charge in [0.2, 0.25) is 0 Å². The van der Waals surface area contributed by atoms with Crippen molar-refractivity contribution in [2.45, 2.75) is 25.2 Å². The lowest BCUT2D eigenvalue weighted by Crippen LogP contribution is -2.26. The minimum absolute atomic E-state index is 0.226. The molecule has 2 rings (SSSR count). The Labute approximate surface area is 103 Å². The molecule has 0 amide bonds. The van der Waals surface area contributed by atoms with Gasteiger partial charge in [0, 0.05) is 6.61 Å². The molecule has 0 bridgehead atoms. The SMILES string of the molecule is OCCC=Cc1ccc(C2CCNCC2)cc1. The minimum atomic E-state index is 0.226. The van der Waals surface area contributed by atoms with Crippen molar-refractivity contribution in [2.75, 3.05) is 19.7 Å². The molecule has 2 heteroatoms. The molecule has 2 N–H and O–H groups in total. The molecule has 0 spiro atoms. The predicted octanol–water partition coefficient (Wildman–Crippen LogP) is 2.55. The van der Waals surface area contributed by atoms with Crippen molar-refractivity contribution >= 4 is 6.08 Å². The second-order valence-electron chi connectivity index (χ2n) is 4.61. The Kier molecular flexibility index (Phi) is 4.77. The zero-order valence-corrected chi connectivity index (χ0v) is 10.2. The maximum atomic E-state index is 8.70. The van der Waals surface area contributed by atoms with Crippen molar-refractivity contribution in [3.05, 3.63) is 41.5 Å². The monoisotopic (exact) mass is 231 g/mol. The lowest BCUT2D eigenvalue weighted by Gasteiger charge is -2.22. The lowest BCUT2D eigenvalue weighted by molar-refractivity contribution is 0.303. The van der Waals surface area contributed by atoms with Crippen molar-refractivity contribution in [3.8, 4) is 0 Å². The highest BCUT2D eigenvalue weighted by atomic mass is 16.2. The second-order valence-corrected chi connectivity index (χ2v) is 4.61. The van der Waals surface area contributed by atoms with E-state index in [0.29, 0.717) is 0 Å². The summed E-state index contributed by atoms with van der Waals surface area (Å²) in [6.07, 6.45) is 7.32. The Balaban J connectivity index is 1.97. The minimum Gasteiger partial charge on any atom is -0.396 e. The van der Waals surface area contributed by atoms with Crippen LogP contribution in [-0.4, -0.2) is 24.8 Å². The van der Waals surface area contributed by atoms with Gasteiger partial charge in [0.15, 0.2) is 0 Å². The first kappa shape index (κ1) is 12.3. The molecular weight excluding hydrogens is 210 g/mol. The summed E-state index contributed by atoms with van der Waals surface area (Å²) < 4.78 is 0. The highest BCUT2D eigenvalue weighted by Gasteiger charge is 2.14. The number of hydrogen-bond acceptors (Lipinski definition) is 2. The summed E-state index contributed by atoms with van der Waals surface area (Å²) in [4.78, 5) is 0. The number of benzene rings is 1. The van der Waals surface area contributed by atoms with Gasteiger partial charge in [0.05, 0.1) is 0 Å². The van der Waals surface area contributed by atoms with Gasteiger partial charge >= 0.3 is 0 Å². The lowest BCUT2D eigenvalue weighted by atomic mass is 9.90. The summed E-state index contributed by atoms with van der Waals surface area (Å²) >= 11 is 0. The summed E-state index contributed by atoms with van der Waals surface area (Å²) in [5.41, 5.74) is 2.68. The highest BCUT2D eigenvalue weighted by molar-refractivity contribution is 5.49. The molecule has 92 valence electrons. The van der Waals surface area contributed by atoms with Crippen LogP contribution in [0.5, 0.6) is 0 Å². The fourth-order valence-corrected chi connectivity index (χ4v) is 2.33. The molecule has 1 aromatic carbocycles. The average molecular weight is 231 g/mol. The van der Waals surface area contributed by atoms with Crippen LogP contribution in [0.25, 0.3) is 6.08 Å². The number of piperidine rings is 1. The van der Waals surface area contributed by atoms with Crippen LogP contribution in [0, 0.1) is 0 Å². The summed E-state index contributed by atoms with van der Waals surface area (Å²) in [7, 11) is 0. The van der Waals surface area contributed by atoms with E-state index in [1.807, 2.05) is 6.08 Å². The van der Waals surface area contributed by atoms with E-state index in [0.717, 1.165) is 25.4 Å². The molecule has 0 atom stereocenters.